The number of hydrogen-bond acceptors (Lipinski definition) is 6. The zero-order valence-corrected chi connectivity index (χ0v) is 41.8. The molecule has 0 amide bonds. The average molecular weight is 883 g/mol. The van der Waals surface area contributed by atoms with Crippen molar-refractivity contribution in [3.63, 3.8) is 0 Å². The average Bonchev–Trinajstić information content (AvgIpc) is 3.28. The van der Waals surface area contributed by atoms with Crippen molar-refractivity contribution in [2.75, 3.05) is 13.2 Å². The lowest BCUT2D eigenvalue weighted by Crippen LogP contribution is -2.30. The summed E-state index contributed by atoms with van der Waals surface area (Å²) in [6.07, 6.45) is 62.4. The third-order valence-electron chi connectivity index (χ3n) is 11.8. The minimum Gasteiger partial charge on any atom is -0.462 e. The highest BCUT2D eigenvalue weighted by atomic mass is 16.6. The second-order valence-electron chi connectivity index (χ2n) is 18.1. The molecular weight excluding hydrogens is 781 g/mol. The zero-order valence-electron chi connectivity index (χ0n) is 41.8. The topological polar surface area (TPSA) is 78.9 Å². The molecule has 6 heteroatoms. The molecule has 0 bridgehead atoms. The Kier molecular flexibility index (Phi) is 49.8. The first kappa shape index (κ1) is 60.4. The fourth-order valence-electron chi connectivity index (χ4n) is 7.73. The molecule has 1 atom stereocenters. The molecule has 0 aliphatic carbocycles. The molecule has 0 spiro atoms. The Morgan fingerprint density at radius 3 is 1.03 bits per heavy atom. The van der Waals surface area contributed by atoms with Crippen LogP contribution in [0.3, 0.4) is 0 Å². The Morgan fingerprint density at radius 2 is 0.635 bits per heavy atom. The Hall–Kier alpha value is -2.63. The minimum absolute atomic E-state index is 0.0760. The molecule has 0 radical (unpaired) electrons. The van der Waals surface area contributed by atoms with Crippen LogP contribution in [-0.2, 0) is 28.6 Å². The van der Waals surface area contributed by atoms with Crippen molar-refractivity contribution in [2.24, 2.45) is 0 Å². The lowest BCUT2D eigenvalue weighted by Gasteiger charge is -2.18. The van der Waals surface area contributed by atoms with Gasteiger partial charge >= 0.3 is 17.9 Å². The van der Waals surface area contributed by atoms with Gasteiger partial charge in [0.05, 0.1) is 0 Å². The molecule has 63 heavy (non-hydrogen) atoms. The monoisotopic (exact) mass is 883 g/mol. The number of carbonyl (C=O) groups excluding carboxylic acids is 3. The van der Waals surface area contributed by atoms with Crippen molar-refractivity contribution in [1.29, 1.82) is 0 Å². The number of esters is 3. The number of allylic oxidation sites excluding steroid dienone is 8. The standard InChI is InChI=1S/C57H102O6/c1-4-7-10-13-16-19-22-24-26-27-28-29-31-32-35-38-41-44-47-50-56(59)62-53-54(52-61-55(58)49-46-43-40-37-34-21-18-15-12-9-6-3)63-57(60)51-48-45-42-39-36-33-30-25-23-20-17-14-11-8-5-2/h7,10,15-16,18-19,24,26,54H,4-6,8-9,11-14,17,20-23,25,27-53H2,1-3H3/b10-7-,18-15-,19-16-,26-24-. The van der Waals surface area contributed by atoms with Gasteiger partial charge in [0.25, 0.3) is 0 Å². The van der Waals surface area contributed by atoms with Crippen LogP contribution in [0.5, 0.6) is 0 Å². The van der Waals surface area contributed by atoms with Gasteiger partial charge in [-0.25, -0.2) is 0 Å². The lowest BCUT2D eigenvalue weighted by molar-refractivity contribution is -0.167. The van der Waals surface area contributed by atoms with Crippen LogP contribution < -0.4 is 0 Å². The van der Waals surface area contributed by atoms with Crippen molar-refractivity contribution in [2.45, 2.75) is 284 Å². The van der Waals surface area contributed by atoms with E-state index in [1.54, 1.807) is 0 Å². The minimum atomic E-state index is -0.775. The predicted octanol–water partition coefficient (Wildman–Crippen LogP) is 17.9. The van der Waals surface area contributed by atoms with Crippen LogP contribution in [0, 0.1) is 0 Å². The van der Waals surface area contributed by atoms with Gasteiger partial charge in [-0.3, -0.25) is 14.4 Å². The van der Waals surface area contributed by atoms with Crippen molar-refractivity contribution >= 4 is 17.9 Å². The third kappa shape index (κ3) is 50.2. The summed E-state index contributed by atoms with van der Waals surface area (Å²) in [5, 5.41) is 0. The lowest BCUT2D eigenvalue weighted by atomic mass is 10.0. The van der Waals surface area contributed by atoms with Crippen LogP contribution in [0.15, 0.2) is 48.6 Å². The molecular formula is C57H102O6. The SMILES string of the molecule is CC/C=C\C/C=C\C/C=C\CCCCCCCCCCCC(=O)OCC(COC(=O)CCCCCCC/C=C\CCCC)OC(=O)CCCCCCCCCCCCCCCCC. The highest BCUT2D eigenvalue weighted by Crippen LogP contribution is 2.16. The molecule has 0 aromatic carbocycles. The smallest absolute Gasteiger partial charge is 0.306 e. The Labute approximate surface area is 390 Å². The molecule has 366 valence electrons. The highest BCUT2D eigenvalue weighted by molar-refractivity contribution is 5.71. The third-order valence-corrected chi connectivity index (χ3v) is 11.8. The van der Waals surface area contributed by atoms with Gasteiger partial charge in [-0.1, -0.05) is 236 Å². The molecule has 0 fully saturated rings. The van der Waals surface area contributed by atoms with E-state index in [1.807, 2.05) is 0 Å². The summed E-state index contributed by atoms with van der Waals surface area (Å²) >= 11 is 0. The quantitative estimate of drug-likeness (QED) is 0.0262. The van der Waals surface area contributed by atoms with Crippen molar-refractivity contribution < 1.29 is 28.6 Å². The molecule has 0 aliphatic heterocycles. The molecule has 0 saturated heterocycles. The van der Waals surface area contributed by atoms with Crippen LogP contribution in [-0.4, -0.2) is 37.2 Å². The van der Waals surface area contributed by atoms with E-state index in [0.29, 0.717) is 19.3 Å². The second kappa shape index (κ2) is 52.0. The van der Waals surface area contributed by atoms with Crippen LogP contribution in [0.2, 0.25) is 0 Å². The second-order valence-corrected chi connectivity index (χ2v) is 18.1. The van der Waals surface area contributed by atoms with Gasteiger partial charge < -0.3 is 14.2 Å². The van der Waals surface area contributed by atoms with Crippen LogP contribution >= 0.6 is 0 Å². The van der Waals surface area contributed by atoms with Gasteiger partial charge in [-0.05, 0) is 70.6 Å². The normalized spacial score (nSPS) is 12.4. The van der Waals surface area contributed by atoms with Gasteiger partial charge in [-0.2, -0.15) is 0 Å². The van der Waals surface area contributed by atoms with Crippen LogP contribution in [0.4, 0.5) is 0 Å². The van der Waals surface area contributed by atoms with Gasteiger partial charge in [0.15, 0.2) is 6.10 Å². The Morgan fingerprint density at radius 1 is 0.333 bits per heavy atom. The summed E-state index contributed by atoms with van der Waals surface area (Å²) in [5.74, 6) is -0.880. The van der Waals surface area contributed by atoms with E-state index in [2.05, 4.69) is 69.4 Å². The number of carbonyl (C=O) groups is 3. The van der Waals surface area contributed by atoms with Crippen molar-refractivity contribution in [1.82, 2.24) is 0 Å². The summed E-state index contributed by atoms with van der Waals surface area (Å²) < 4.78 is 16.8. The first-order chi connectivity index (χ1) is 31.0. The van der Waals surface area contributed by atoms with Crippen molar-refractivity contribution in [3.05, 3.63) is 48.6 Å². The van der Waals surface area contributed by atoms with Gasteiger partial charge in [-0.15, -0.1) is 0 Å². The maximum absolute atomic E-state index is 12.8. The Balaban J connectivity index is 4.32. The fourth-order valence-corrected chi connectivity index (χ4v) is 7.73. The zero-order chi connectivity index (χ0) is 45.8. The Bertz CT molecular complexity index is 1110. The molecule has 0 N–H and O–H groups in total. The summed E-state index contributed by atoms with van der Waals surface area (Å²) in [6, 6.07) is 0. The number of hydrogen-bond donors (Lipinski definition) is 0. The molecule has 0 rings (SSSR count). The number of ether oxygens (including phenoxy) is 3. The molecule has 6 nitrogen and oxygen atoms in total. The highest BCUT2D eigenvalue weighted by Gasteiger charge is 2.19. The van der Waals surface area contributed by atoms with E-state index in [-0.39, 0.29) is 31.1 Å². The van der Waals surface area contributed by atoms with Gasteiger partial charge in [0, 0.05) is 19.3 Å². The maximum Gasteiger partial charge on any atom is 0.306 e. The first-order valence-corrected chi connectivity index (χ1v) is 27.1. The van der Waals surface area contributed by atoms with E-state index in [1.165, 1.54) is 154 Å². The molecule has 1 unspecified atom stereocenters. The van der Waals surface area contributed by atoms with E-state index < -0.39 is 6.10 Å². The molecule has 0 saturated carbocycles. The molecule has 0 aromatic heterocycles. The van der Waals surface area contributed by atoms with Gasteiger partial charge in [0.1, 0.15) is 13.2 Å². The maximum atomic E-state index is 12.8. The van der Waals surface area contributed by atoms with Crippen molar-refractivity contribution in [3.8, 4) is 0 Å². The van der Waals surface area contributed by atoms with E-state index >= 15 is 0 Å². The fraction of sp³-hybridized carbons (Fsp3) is 0.807. The summed E-state index contributed by atoms with van der Waals surface area (Å²) in [6.45, 7) is 6.50. The predicted molar refractivity (Wildman–Crippen MR) is 270 cm³/mol. The van der Waals surface area contributed by atoms with Crippen LogP contribution in [0.25, 0.3) is 0 Å². The molecule has 0 aliphatic rings. The van der Waals surface area contributed by atoms with E-state index in [4.69, 9.17) is 14.2 Å². The van der Waals surface area contributed by atoms with Crippen LogP contribution in [0.1, 0.15) is 278 Å². The summed E-state index contributed by atoms with van der Waals surface area (Å²) in [4.78, 5) is 38.0. The van der Waals surface area contributed by atoms with E-state index in [9.17, 15) is 14.4 Å². The molecule has 0 aromatic rings. The molecule has 0 heterocycles. The number of unbranched alkanes of at least 4 members (excludes halogenated alkanes) is 30. The summed E-state index contributed by atoms with van der Waals surface area (Å²) in [5.41, 5.74) is 0. The first-order valence-electron chi connectivity index (χ1n) is 27.1. The number of rotatable bonds is 49. The van der Waals surface area contributed by atoms with E-state index in [0.717, 1.165) is 83.5 Å². The van der Waals surface area contributed by atoms with Gasteiger partial charge in [0.2, 0.25) is 0 Å². The largest absolute Gasteiger partial charge is 0.462 e. The summed E-state index contributed by atoms with van der Waals surface area (Å²) in [7, 11) is 0.